The molecule has 0 unspecified atom stereocenters. The quantitative estimate of drug-likeness (QED) is 0.875. The number of hydrogen-bond donors (Lipinski definition) is 1. The molecular formula is C12H18BrNO2S. The number of sulfonamides is 1. The Hall–Kier alpha value is -0.390. The van der Waals surface area contributed by atoms with E-state index < -0.39 is 10.0 Å². The summed E-state index contributed by atoms with van der Waals surface area (Å²) >= 11 is 3.28. The Morgan fingerprint density at radius 1 is 1.18 bits per heavy atom. The van der Waals surface area contributed by atoms with Crippen molar-refractivity contribution in [2.45, 2.75) is 31.6 Å². The van der Waals surface area contributed by atoms with Crippen molar-refractivity contribution in [1.29, 1.82) is 0 Å². The van der Waals surface area contributed by atoms with Crippen molar-refractivity contribution in [2.24, 2.45) is 5.92 Å². The highest BCUT2D eigenvalue weighted by atomic mass is 79.9. The van der Waals surface area contributed by atoms with Gasteiger partial charge in [-0.2, -0.15) is 0 Å². The van der Waals surface area contributed by atoms with Crippen molar-refractivity contribution >= 4 is 26.0 Å². The second-order valence-electron chi connectivity index (χ2n) is 3.99. The predicted octanol–water partition coefficient (Wildman–Crippen LogP) is 3.16. The number of benzene rings is 1. The molecule has 0 saturated carbocycles. The Morgan fingerprint density at radius 2 is 1.71 bits per heavy atom. The van der Waals surface area contributed by atoms with E-state index in [-0.39, 0.29) is 0 Å². The fraction of sp³-hybridized carbons (Fsp3) is 0.500. The lowest BCUT2D eigenvalue weighted by atomic mass is 10.0. The fourth-order valence-corrected chi connectivity index (χ4v) is 2.88. The van der Waals surface area contributed by atoms with Crippen molar-refractivity contribution in [2.75, 3.05) is 6.54 Å². The van der Waals surface area contributed by atoms with Crippen LogP contribution in [0.1, 0.15) is 26.7 Å². The van der Waals surface area contributed by atoms with Gasteiger partial charge in [-0.05, 0) is 30.2 Å². The summed E-state index contributed by atoms with van der Waals surface area (Å²) in [4.78, 5) is 0.312. The topological polar surface area (TPSA) is 46.2 Å². The zero-order chi connectivity index (χ0) is 12.9. The highest BCUT2D eigenvalue weighted by Crippen LogP contribution is 2.15. The molecular weight excluding hydrogens is 302 g/mol. The zero-order valence-corrected chi connectivity index (χ0v) is 12.5. The van der Waals surface area contributed by atoms with Gasteiger partial charge in [-0.15, -0.1) is 0 Å². The molecule has 5 heteroatoms. The van der Waals surface area contributed by atoms with Gasteiger partial charge < -0.3 is 0 Å². The Labute approximate surface area is 112 Å². The lowest BCUT2D eigenvalue weighted by molar-refractivity contribution is 0.479. The predicted molar refractivity (Wildman–Crippen MR) is 73.4 cm³/mol. The first kappa shape index (κ1) is 14.7. The van der Waals surface area contributed by atoms with E-state index in [0.717, 1.165) is 17.3 Å². The van der Waals surface area contributed by atoms with Gasteiger partial charge in [0.15, 0.2) is 0 Å². The summed E-state index contributed by atoms with van der Waals surface area (Å²) in [5, 5.41) is 0. The molecule has 1 aromatic rings. The van der Waals surface area contributed by atoms with Gasteiger partial charge in [-0.3, -0.25) is 0 Å². The van der Waals surface area contributed by atoms with Gasteiger partial charge in [0.1, 0.15) is 0 Å². The van der Waals surface area contributed by atoms with Gasteiger partial charge in [0.25, 0.3) is 0 Å². The van der Waals surface area contributed by atoms with E-state index in [1.165, 1.54) is 0 Å². The number of halogens is 1. The van der Waals surface area contributed by atoms with Crippen LogP contribution in [0, 0.1) is 5.92 Å². The van der Waals surface area contributed by atoms with Crippen LogP contribution in [0.4, 0.5) is 0 Å². The molecule has 0 bridgehead atoms. The summed E-state index contributed by atoms with van der Waals surface area (Å²) in [6.45, 7) is 4.65. The van der Waals surface area contributed by atoms with Gasteiger partial charge in [0.05, 0.1) is 4.90 Å². The Kier molecular flexibility index (Phi) is 5.62. The minimum atomic E-state index is -3.36. The second-order valence-corrected chi connectivity index (χ2v) is 6.67. The van der Waals surface area contributed by atoms with E-state index in [0.29, 0.717) is 17.4 Å². The monoisotopic (exact) mass is 319 g/mol. The van der Waals surface area contributed by atoms with Gasteiger partial charge in [-0.1, -0.05) is 42.6 Å². The molecule has 0 heterocycles. The van der Waals surface area contributed by atoms with Crippen molar-refractivity contribution in [3.8, 4) is 0 Å². The first-order valence-electron chi connectivity index (χ1n) is 5.74. The van der Waals surface area contributed by atoms with E-state index >= 15 is 0 Å². The van der Waals surface area contributed by atoms with E-state index in [2.05, 4.69) is 34.5 Å². The maximum absolute atomic E-state index is 12.0. The third-order valence-corrected chi connectivity index (χ3v) is 4.81. The summed E-state index contributed by atoms with van der Waals surface area (Å²) < 4.78 is 27.4. The largest absolute Gasteiger partial charge is 0.240 e. The molecule has 0 amide bonds. The molecule has 1 N–H and O–H groups in total. The molecule has 1 rings (SSSR count). The van der Waals surface area contributed by atoms with Crippen LogP contribution in [0.25, 0.3) is 0 Å². The summed E-state index contributed by atoms with van der Waals surface area (Å²) in [5.74, 6) is 0.403. The third kappa shape index (κ3) is 4.41. The standard InChI is InChI=1S/C12H18BrNO2S/c1-3-10(4-2)9-14-17(15,16)12-7-5-11(13)6-8-12/h5-8,10,14H,3-4,9H2,1-2H3. The maximum atomic E-state index is 12.0. The van der Waals surface area contributed by atoms with Crippen LogP contribution in [0.5, 0.6) is 0 Å². The molecule has 0 radical (unpaired) electrons. The van der Waals surface area contributed by atoms with Gasteiger partial charge in [0.2, 0.25) is 10.0 Å². The zero-order valence-electron chi connectivity index (χ0n) is 10.1. The first-order valence-corrected chi connectivity index (χ1v) is 8.02. The van der Waals surface area contributed by atoms with E-state index in [1.807, 2.05) is 0 Å². The molecule has 0 aliphatic carbocycles. The molecule has 0 aromatic heterocycles. The van der Waals surface area contributed by atoms with Crippen molar-refractivity contribution in [3.63, 3.8) is 0 Å². The summed E-state index contributed by atoms with van der Waals surface area (Å²) in [6.07, 6.45) is 1.97. The van der Waals surface area contributed by atoms with Gasteiger partial charge in [-0.25, -0.2) is 13.1 Å². The SMILES string of the molecule is CCC(CC)CNS(=O)(=O)c1ccc(Br)cc1. The molecule has 1 aromatic carbocycles. The molecule has 17 heavy (non-hydrogen) atoms. The van der Waals surface area contributed by atoms with E-state index in [9.17, 15) is 8.42 Å². The Bertz CT molecular complexity index is 438. The highest BCUT2D eigenvalue weighted by molar-refractivity contribution is 9.10. The van der Waals surface area contributed by atoms with Crippen LogP contribution in [0.3, 0.4) is 0 Å². The molecule has 0 aliphatic heterocycles. The number of hydrogen-bond acceptors (Lipinski definition) is 2. The second kappa shape index (κ2) is 6.52. The normalized spacial score (nSPS) is 12.0. The van der Waals surface area contributed by atoms with Crippen LogP contribution >= 0.6 is 15.9 Å². The average molecular weight is 320 g/mol. The van der Waals surface area contributed by atoms with Crippen LogP contribution < -0.4 is 4.72 Å². The van der Waals surface area contributed by atoms with Gasteiger partial charge in [0, 0.05) is 11.0 Å². The Balaban J connectivity index is 2.72. The molecule has 0 fully saturated rings. The fourth-order valence-electron chi connectivity index (χ4n) is 1.50. The van der Waals surface area contributed by atoms with Crippen molar-refractivity contribution in [1.82, 2.24) is 4.72 Å². The summed E-state index contributed by atoms with van der Waals surface area (Å²) in [6, 6.07) is 6.65. The first-order chi connectivity index (χ1) is 7.99. The minimum Gasteiger partial charge on any atom is -0.211 e. The van der Waals surface area contributed by atoms with Crippen molar-refractivity contribution in [3.05, 3.63) is 28.7 Å². The molecule has 0 atom stereocenters. The van der Waals surface area contributed by atoms with Gasteiger partial charge >= 0.3 is 0 Å². The van der Waals surface area contributed by atoms with E-state index in [1.54, 1.807) is 24.3 Å². The third-order valence-electron chi connectivity index (χ3n) is 2.84. The van der Waals surface area contributed by atoms with Crippen LogP contribution in [-0.2, 0) is 10.0 Å². The molecule has 0 aliphatic rings. The highest BCUT2D eigenvalue weighted by Gasteiger charge is 2.15. The van der Waals surface area contributed by atoms with Crippen LogP contribution in [0.2, 0.25) is 0 Å². The molecule has 3 nitrogen and oxygen atoms in total. The maximum Gasteiger partial charge on any atom is 0.240 e. The Morgan fingerprint density at radius 3 is 2.18 bits per heavy atom. The van der Waals surface area contributed by atoms with Crippen LogP contribution in [-0.4, -0.2) is 15.0 Å². The smallest absolute Gasteiger partial charge is 0.211 e. The minimum absolute atomic E-state index is 0.312. The summed E-state index contributed by atoms with van der Waals surface area (Å²) in [5.41, 5.74) is 0. The van der Waals surface area contributed by atoms with E-state index in [4.69, 9.17) is 0 Å². The lowest BCUT2D eigenvalue weighted by Gasteiger charge is -2.13. The van der Waals surface area contributed by atoms with Crippen LogP contribution in [0.15, 0.2) is 33.6 Å². The number of nitrogens with one attached hydrogen (secondary N) is 1. The van der Waals surface area contributed by atoms with Crippen molar-refractivity contribution < 1.29 is 8.42 Å². The summed E-state index contributed by atoms with van der Waals surface area (Å²) in [7, 11) is -3.36. The molecule has 96 valence electrons. The molecule has 0 saturated heterocycles. The number of rotatable bonds is 6. The average Bonchev–Trinajstić information content (AvgIpc) is 2.31. The molecule has 0 spiro atoms. The lowest BCUT2D eigenvalue weighted by Crippen LogP contribution is -2.29.